The SMILES string of the molecule is CC(C)C[C@@H](C(=O)NN)[C@H](C(=O)NO)C(/C=C/c1ccccc1)(Cc1ccccc1)C(=O)[C@@H](C)N.Cc1ccc(S(=O)(=O)O)cc1. The largest absolute Gasteiger partial charge is 0.322 e. The van der Waals surface area contributed by atoms with Crippen molar-refractivity contribution in [2.24, 2.45) is 34.7 Å². The maximum atomic E-state index is 14.0. The average molecular weight is 653 g/mol. The van der Waals surface area contributed by atoms with Gasteiger partial charge in [-0.25, -0.2) is 11.3 Å². The summed E-state index contributed by atoms with van der Waals surface area (Å²) < 4.78 is 29.6. The van der Waals surface area contributed by atoms with Gasteiger partial charge in [-0.1, -0.05) is 104 Å². The Morgan fingerprint density at radius 1 is 0.891 bits per heavy atom. The van der Waals surface area contributed by atoms with Gasteiger partial charge in [0.2, 0.25) is 11.8 Å². The Balaban J connectivity index is 0.000000562. The second kappa shape index (κ2) is 17.5. The number of aryl methyl sites for hydroxylation is 1. The first-order valence-corrected chi connectivity index (χ1v) is 16.2. The van der Waals surface area contributed by atoms with Crippen LogP contribution in [0.15, 0.2) is 95.9 Å². The number of rotatable bonds is 13. The number of benzene rings is 3. The maximum absolute atomic E-state index is 14.0. The summed E-state index contributed by atoms with van der Waals surface area (Å²) in [7, 11) is -4.02. The fourth-order valence-corrected chi connectivity index (χ4v) is 5.81. The number of ketones is 1. The molecule has 8 N–H and O–H groups in total. The summed E-state index contributed by atoms with van der Waals surface area (Å²) in [5.74, 6) is 1.29. The van der Waals surface area contributed by atoms with Gasteiger partial charge in [-0.05, 0) is 55.9 Å². The minimum absolute atomic E-state index is 0.00998. The van der Waals surface area contributed by atoms with Crippen molar-refractivity contribution in [1.82, 2.24) is 10.9 Å². The van der Waals surface area contributed by atoms with E-state index in [-0.39, 0.29) is 23.7 Å². The first kappa shape index (κ1) is 38.0. The molecule has 4 atom stereocenters. The van der Waals surface area contributed by atoms with E-state index >= 15 is 0 Å². The molecule has 0 aromatic heterocycles. The lowest BCUT2D eigenvalue weighted by Gasteiger charge is -2.41. The Kier molecular flexibility index (Phi) is 14.4. The molecule has 46 heavy (non-hydrogen) atoms. The number of carbonyl (C=O) groups excluding carboxylic acids is 3. The van der Waals surface area contributed by atoms with Crippen molar-refractivity contribution in [3.05, 3.63) is 108 Å². The third kappa shape index (κ3) is 10.7. The average Bonchev–Trinajstić information content (AvgIpc) is 3.03. The summed E-state index contributed by atoms with van der Waals surface area (Å²) >= 11 is 0. The van der Waals surface area contributed by atoms with Gasteiger partial charge in [0.15, 0.2) is 5.78 Å². The van der Waals surface area contributed by atoms with Gasteiger partial charge < -0.3 is 5.73 Å². The van der Waals surface area contributed by atoms with Gasteiger partial charge in [0.05, 0.1) is 28.2 Å². The van der Waals surface area contributed by atoms with Crippen molar-refractivity contribution in [3.8, 4) is 0 Å². The molecule has 3 aromatic rings. The van der Waals surface area contributed by atoms with Crippen LogP contribution in [0.3, 0.4) is 0 Å². The van der Waals surface area contributed by atoms with Crippen LogP contribution < -0.4 is 22.5 Å². The fourth-order valence-electron chi connectivity index (χ4n) is 5.33. The highest BCUT2D eigenvalue weighted by atomic mass is 32.2. The number of amides is 2. The zero-order chi connectivity index (χ0) is 34.5. The number of nitrogens with one attached hydrogen (secondary N) is 2. The molecule has 3 aromatic carbocycles. The van der Waals surface area contributed by atoms with Crippen LogP contribution in [0.4, 0.5) is 0 Å². The standard InChI is InChI=1S/C27H36N4O4.C7H8O3S/c1-18(2)16-22(25(33)30-29)23(26(34)31-35)27(24(32)19(3)28,17-21-12-8-5-9-13-21)15-14-20-10-6-4-7-11-20;1-6-2-4-7(5-3-6)11(8,9)10/h4-15,18-19,22-23,35H,16-17,28-29H2,1-3H3,(H,30,33)(H,31,34);2-5H,1H3,(H,8,9,10)/b15-14+;/t19-,22-,23-,27?;/m1./s1. The van der Waals surface area contributed by atoms with Crippen LogP contribution in [-0.2, 0) is 30.9 Å². The van der Waals surface area contributed by atoms with Crippen LogP contribution in [0.2, 0.25) is 0 Å². The molecule has 0 aliphatic carbocycles. The van der Waals surface area contributed by atoms with Crippen molar-refractivity contribution in [2.75, 3.05) is 0 Å². The molecule has 0 radical (unpaired) electrons. The summed E-state index contributed by atoms with van der Waals surface area (Å²) in [6, 6.07) is 23.5. The molecule has 11 nitrogen and oxygen atoms in total. The Bertz CT molecular complexity index is 1560. The van der Waals surface area contributed by atoms with Crippen molar-refractivity contribution in [2.45, 2.75) is 51.5 Å². The quantitative estimate of drug-likeness (QED) is 0.0521. The number of Topliss-reactive ketones (excluding diaryl/α,β-unsaturated/α-hetero) is 1. The molecule has 0 aliphatic heterocycles. The molecule has 0 aliphatic rings. The van der Waals surface area contributed by atoms with Crippen LogP contribution in [0, 0.1) is 30.1 Å². The minimum atomic E-state index is -4.02. The van der Waals surface area contributed by atoms with E-state index in [0.717, 1.165) is 16.7 Å². The van der Waals surface area contributed by atoms with E-state index in [4.69, 9.17) is 16.1 Å². The summed E-state index contributed by atoms with van der Waals surface area (Å²) in [5.41, 5.74) is 10.9. The third-order valence-electron chi connectivity index (χ3n) is 7.46. The topological polar surface area (TPSA) is 202 Å². The second-order valence-electron chi connectivity index (χ2n) is 11.6. The molecule has 0 fully saturated rings. The highest BCUT2D eigenvalue weighted by Gasteiger charge is 2.53. The van der Waals surface area contributed by atoms with Crippen LogP contribution in [0.1, 0.15) is 43.9 Å². The van der Waals surface area contributed by atoms with Gasteiger partial charge in [-0.3, -0.25) is 29.6 Å². The van der Waals surface area contributed by atoms with E-state index in [1.54, 1.807) is 36.7 Å². The van der Waals surface area contributed by atoms with E-state index < -0.39 is 51.0 Å². The first-order chi connectivity index (χ1) is 21.7. The number of hydrogen-bond donors (Lipinski definition) is 6. The van der Waals surface area contributed by atoms with Crippen molar-refractivity contribution < 1.29 is 32.6 Å². The highest BCUT2D eigenvalue weighted by molar-refractivity contribution is 7.85. The molecular weight excluding hydrogens is 608 g/mol. The van der Waals surface area contributed by atoms with Crippen LogP contribution in [-0.4, -0.2) is 41.8 Å². The second-order valence-corrected chi connectivity index (χ2v) is 13.0. The zero-order valence-electron chi connectivity index (χ0n) is 26.5. The Hall–Kier alpha value is -4.20. The molecule has 248 valence electrons. The van der Waals surface area contributed by atoms with Gasteiger partial charge in [0.25, 0.3) is 10.1 Å². The maximum Gasteiger partial charge on any atom is 0.294 e. The highest BCUT2D eigenvalue weighted by Crippen LogP contribution is 2.43. The van der Waals surface area contributed by atoms with E-state index in [9.17, 15) is 28.0 Å². The van der Waals surface area contributed by atoms with E-state index in [0.29, 0.717) is 0 Å². The Morgan fingerprint density at radius 3 is 1.89 bits per heavy atom. The summed E-state index contributed by atoms with van der Waals surface area (Å²) in [5, 5.41) is 9.75. The molecule has 12 heteroatoms. The number of hydrazine groups is 1. The summed E-state index contributed by atoms with van der Waals surface area (Å²) in [6.07, 6.45) is 3.73. The van der Waals surface area contributed by atoms with Gasteiger partial charge >= 0.3 is 0 Å². The normalized spacial score (nSPS) is 14.7. The number of nitrogens with two attached hydrogens (primary N) is 2. The molecule has 0 saturated carbocycles. The van der Waals surface area contributed by atoms with E-state index in [1.807, 2.05) is 81.4 Å². The Labute approximate surface area is 270 Å². The number of hydroxylamine groups is 1. The minimum Gasteiger partial charge on any atom is -0.322 e. The number of allylic oxidation sites excluding steroid dienone is 1. The van der Waals surface area contributed by atoms with E-state index in [1.165, 1.54) is 12.1 Å². The summed E-state index contributed by atoms with van der Waals surface area (Å²) in [6.45, 7) is 7.19. The van der Waals surface area contributed by atoms with Gasteiger partial charge in [-0.2, -0.15) is 8.42 Å². The molecule has 0 spiro atoms. The van der Waals surface area contributed by atoms with Crippen molar-refractivity contribution >= 4 is 33.8 Å². The Morgan fingerprint density at radius 2 is 1.43 bits per heavy atom. The summed E-state index contributed by atoms with van der Waals surface area (Å²) in [4.78, 5) is 40.2. The smallest absolute Gasteiger partial charge is 0.294 e. The lowest BCUT2D eigenvalue weighted by molar-refractivity contribution is -0.150. The van der Waals surface area contributed by atoms with Gasteiger partial charge in [0.1, 0.15) is 0 Å². The molecule has 0 saturated heterocycles. The third-order valence-corrected chi connectivity index (χ3v) is 8.33. The fraction of sp³-hybridized carbons (Fsp3) is 0.324. The predicted molar refractivity (Wildman–Crippen MR) is 176 cm³/mol. The van der Waals surface area contributed by atoms with Crippen LogP contribution >= 0.6 is 0 Å². The predicted octanol–water partition coefficient (Wildman–Crippen LogP) is 3.86. The van der Waals surface area contributed by atoms with Crippen molar-refractivity contribution in [3.63, 3.8) is 0 Å². The molecule has 2 amide bonds. The van der Waals surface area contributed by atoms with Gasteiger partial charge in [0, 0.05) is 0 Å². The molecule has 0 bridgehead atoms. The van der Waals surface area contributed by atoms with E-state index in [2.05, 4.69) is 5.43 Å². The van der Waals surface area contributed by atoms with Crippen LogP contribution in [0.5, 0.6) is 0 Å². The molecule has 1 unspecified atom stereocenters. The van der Waals surface area contributed by atoms with Crippen molar-refractivity contribution in [1.29, 1.82) is 0 Å². The van der Waals surface area contributed by atoms with Gasteiger partial charge in [-0.15, -0.1) is 0 Å². The lowest BCUT2D eigenvalue weighted by Crippen LogP contribution is -2.56. The number of hydrogen-bond acceptors (Lipinski definition) is 8. The number of carbonyl (C=O) groups is 3. The van der Waals surface area contributed by atoms with Crippen LogP contribution in [0.25, 0.3) is 6.08 Å². The lowest BCUT2D eigenvalue weighted by atomic mass is 9.60. The zero-order valence-corrected chi connectivity index (χ0v) is 27.3. The molecule has 3 rings (SSSR count). The first-order valence-electron chi connectivity index (χ1n) is 14.7. The molecule has 0 heterocycles. The monoisotopic (exact) mass is 652 g/mol. The molecular formula is C34H44N4O7S.